The zero-order chi connectivity index (χ0) is 10.8. The normalized spacial score (nSPS) is 12.7. The predicted octanol–water partition coefficient (Wildman–Crippen LogP) is 2.94. The summed E-state index contributed by atoms with van der Waals surface area (Å²) in [5, 5.41) is 0. The van der Waals surface area contributed by atoms with Crippen LogP contribution < -0.4 is 5.73 Å². The van der Waals surface area contributed by atoms with E-state index in [1.54, 1.807) is 6.26 Å². The van der Waals surface area contributed by atoms with Gasteiger partial charge in [0.15, 0.2) is 0 Å². The molecule has 2 heteroatoms. The van der Waals surface area contributed by atoms with Gasteiger partial charge in [0.2, 0.25) is 0 Å². The Bertz CT molecular complexity index is 446. The van der Waals surface area contributed by atoms with E-state index < -0.39 is 0 Å². The average Bonchev–Trinajstić information content (AvgIpc) is 2.69. The molecule has 15 heavy (non-hydrogen) atoms. The topological polar surface area (TPSA) is 39.2 Å². The van der Waals surface area contributed by atoms with Gasteiger partial charge >= 0.3 is 0 Å². The first kappa shape index (κ1) is 9.99. The molecule has 2 nitrogen and oxygen atoms in total. The molecule has 1 aromatic carbocycles. The van der Waals surface area contributed by atoms with E-state index in [0.717, 1.165) is 11.3 Å². The highest BCUT2D eigenvalue weighted by atomic mass is 16.3. The molecule has 0 saturated heterocycles. The summed E-state index contributed by atoms with van der Waals surface area (Å²) < 4.78 is 5.31. The quantitative estimate of drug-likeness (QED) is 0.811. The fourth-order valence-electron chi connectivity index (χ4n) is 1.80. The second kappa shape index (κ2) is 3.91. The first-order valence-corrected chi connectivity index (χ1v) is 5.04. The van der Waals surface area contributed by atoms with E-state index in [9.17, 15) is 0 Å². The SMILES string of the molecule is Cc1ccc([C@@H](N)c2ccco2)c(C)c1. The Morgan fingerprint density at radius 2 is 2.00 bits per heavy atom. The fraction of sp³-hybridized carbons (Fsp3) is 0.231. The Hall–Kier alpha value is -1.54. The fourth-order valence-corrected chi connectivity index (χ4v) is 1.80. The van der Waals surface area contributed by atoms with Crippen LogP contribution in [0.15, 0.2) is 41.0 Å². The number of hydrogen-bond donors (Lipinski definition) is 1. The molecule has 0 saturated carbocycles. The number of aryl methyl sites for hydroxylation is 2. The van der Waals surface area contributed by atoms with Crippen molar-refractivity contribution in [2.75, 3.05) is 0 Å². The molecule has 1 heterocycles. The lowest BCUT2D eigenvalue weighted by atomic mass is 9.98. The summed E-state index contributed by atoms with van der Waals surface area (Å²) in [6, 6.07) is 9.88. The second-order valence-corrected chi connectivity index (χ2v) is 3.85. The summed E-state index contributed by atoms with van der Waals surface area (Å²) in [7, 11) is 0. The Balaban J connectivity index is 2.38. The van der Waals surface area contributed by atoms with Crippen molar-refractivity contribution in [3.8, 4) is 0 Å². The molecule has 1 aromatic heterocycles. The highest BCUT2D eigenvalue weighted by molar-refractivity contribution is 5.35. The molecule has 0 aliphatic rings. The van der Waals surface area contributed by atoms with Crippen molar-refractivity contribution in [3.63, 3.8) is 0 Å². The maximum Gasteiger partial charge on any atom is 0.125 e. The lowest BCUT2D eigenvalue weighted by molar-refractivity contribution is 0.489. The van der Waals surface area contributed by atoms with Gasteiger partial charge in [-0.3, -0.25) is 0 Å². The van der Waals surface area contributed by atoms with Crippen LogP contribution in [0.4, 0.5) is 0 Å². The highest BCUT2D eigenvalue weighted by Crippen LogP contribution is 2.23. The van der Waals surface area contributed by atoms with Crippen LogP contribution in [0, 0.1) is 13.8 Å². The number of rotatable bonds is 2. The van der Waals surface area contributed by atoms with Gasteiger partial charge in [0.05, 0.1) is 12.3 Å². The largest absolute Gasteiger partial charge is 0.467 e. The van der Waals surface area contributed by atoms with Crippen molar-refractivity contribution in [1.82, 2.24) is 0 Å². The summed E-state index contributed by atoms with van der Waals surface area (Å²) in [4.78, 5) is 0. The molecule has 2 N–H and O–H groups in total. The Morgan fingerprint density at radius 3 is 2.60 bits per heavy atom. The van der Waals surface area contributed by atoms with Crippen molar-refractivity contribution in [3.05, 3.63) is 59.0 Å². The van der Waals surface area contributed by atoms with Crippen molar-refractivity contribution in [2.45, 2.75) is 19.9 Å². The molecule has 0 spiro atoms. The van der Waals surface area contributed by atoms with Gasteiger partial charge in [-0.2, -0.15) is 0 Å². The summed E-state index contributed by atoms with van der Waals surface area (Å²) in [5.41, 5.74) is 9.70. The van der Waals surface area contributed by atoms with Crippen LogP contribution in [0.3, 0.4) is 0 Å². The average molecular weight is 201 g/mol. The predicted molar refractivity (Wildman–Crippen MR) is 60.7 cm³/mol. The van der Waals surface area contributed by atoms with Crippen LogP contribution >= 0.6 is 0 Å². The van der Waals surface area contributed by atoms with Gasteiger partial charge in [0.25, 0.3) is 0 Å². The van der Waals surface area contributed by atoms with E-state index in [1.807, 2.05) is 12.1 Å². The minimum absolute atomic E-state index is 0.166. The minimum Gasteiger partial charge on any atom is -0.467 e. The van der Waals surface area contributed by atoms with Crippen LogP contribution in [-0.2, 0) is 0 Å². The van der Waals surface area contributed by atoms with E-state index in [0.29, 0.717) is 0 Å². The number of furan rings is 1. The van der Waals surface area contributed by atoms with Crippen molar-refractivity contribution in [1.29, 1.82) is 0 Å². The highest BCUT2D eigenvalue weighted by Gasteiger charge is 2.13. The third-order valence-electron chi connectivity index (χ3n) is 2.61. The Morgan fingerprint density at radius 1 is 1.20 bits per heavy atom. The summed E-state index contributed by atoms with van der Waals surface area (Å²) in [6.07, 6.45) is 1.65. The zero-order valence-electron chi connectivity index (χ0n) is 9.03. The molecule has 2 aromatic rings. The molecule has 0 bridgehead atoms. The van der Waals surface area contributed by atoms with Crippen molar-refractivity contribution in [2.24, 2.45) is 5.73 Å². The summed E-state index contributed by atoms with van der Waals surface area (Å²) in [6.45, 7) is 4.15. The third kappa shape index (κ3) is 1.95. The van der Waals surface area contributed by atoms with Gasteiger partial charge in [-0.25, -0.2) is 0 Å². The zero-order valence-corrected chi connectivity index (χ0v) is 9.03. The van der Waals surface area contributed by atoms with Gasteiger partial charge in [-0.1, -0.05) is 23.8 Å². The molecule has 0 radical (unpaired) electrons. The number of benzene rings is 1. The lowest BCUT2D eigenvalue weighted by Gasteiger charge is -2.12. The molecule has 0 amide bonds. The van der Waals surface area contributed by atoms with Crippen LogP contribution in [-0.4, -0.2) is 0 Å². The first-order valence-electron chi connectivity index (χ1n) is 5.04. The van der Waals surface area contributed by atoms with Gasteiger partial charge in [0, 0.05) is 0 Å². The maximum absolute atomic E-state index is 6.12. The second-order valence-electron chi connectivity index (χ2n) is 3.85. The maximum atomic E-state index is 6.12. The Labute approximate surface area is 89.7 Å². The molecule has 0 aliphatic carbocycles. The van der Waals surface area contributed by atoms with E-state index in [-0.39, 0.29) is 6.04 Å². The number of hydrogen-bond acceptors (Lipinski definition) is 2. The van der Waals surface area contributed by atoms with Crippen LogP contribution in [0.25, 0.3) is 0 Å². The standard InChI is InChI=1S/C13H15NO/c1-9-5-6-11(10(2)8-9)13(14)12-4-3-7-15-12/h3-8,13H,14H2,1-2H3/t13-/m1/s1. The van der Waals surface area contributed by atoms with Gasteiger partial charge in [-0.15, -0.1) is 0 Å². The van der Waals surface area contributed by atoms with E-state index in [2.05, 4.69) is 32.0 Å². The smallest absolute Gasteiger partial charge is 0.125 e. The van der Waals surface area contributed by atoms with Gasteiger partial charge in [-0.05, 0) is 37.1 Å². The number of nitrogens with two attached hydrogens (primary N) is 1. The molecule has 0 unspecified atom stereocenters. The Kier molecular flexibility index (Phi) is 2.60. The molecule has 78 valence electrons. The van der Waals surface area contributed by atoms with E-state index in [1.165, 1.54) is 11.1 Å². The summed E-state index contributed by atoms with van der Waals surface area (Å²) >= 11 is 0. The minimum atomic E-state index is -0.166. The molecule has 0 fully saturated rings. The van der Waals surface area contributed by atoms with E-state index >= 15 is 0 Å². The molecule has 0 aliphatic heterocycles. The van der Waals surface area contributed by atoms with Crippen LogP contribution in [0.5, 0.6) is 0 Å². The monoisotopic (exact) mass is 201 g/mol. The first-order chi connectivity index (χ1) is 7.18. The molecular formula is C13H15NO. The molecule has 2 rings (SSSR count). The van der Waals surface area contributed by atoms with Crippen molar-refractivity contribution < 1.29 is 4.42 Å². The van der Waals surface area contributed by atoms with E-state index in [4.69, 9.17) is 10.2 Å². The molecule has 1 atom stereocenters. The lowest BCUT2D eigenvalue weighted by Crippen LogP contribution is -2.12. The summed E-state index contributed by atoms with van der Waals surface area (Å²) in [5.74, 6) is 0.807. The van der Waals surface area contributed by atoms with Crippen LogP contribution in [0.1, 0.15) is 28.5 Å². The van der Waals surface area contributed by atoms with Gasteiger partial charge in [0.1, 0.15) is 5.76 Å². The van der Waals surface area contributed by atoms with Gasteiger partial charge < -0.3 is 10.2 Å². The van der Waals surface area contributed by atoms with Crippen molar-refractivity contribution >= 4 is 0 Å². The third-order valence-corrected chi connectivity index (χ3v) is 2.61. The molecular weight excluding hydrogens is 186 g/mol. The van der Waals surface area contributed by atoms with Crippen LogP contribution in [0.2, 0.25) is 0 Å².